The molecule has 0 unspecified atom stereocenters. The summed E-state index contributed by atoms with van der Waals surface area (Å²) in [6, 6.07) is 0.351. The number of nitrogens with one attached hydrogen (secondary N) is 1. The first-order valence-corrected chi connectivity index (χ1v) is 13.9. The van der Waals surface area contributed by atoms with Gasteiger partial charge in [0.1, 0.15) is 18.3 Å². The first kappa shape index (κ1) is 33.2. The van der Waals surface area contributed by atoms with Crippen LogP contribution in [0.25, 0.3) is 0 Å². The molecule has 0 spiro atoms. The summed E-state index contributed by atoms with van der Waals surface area (Å²) in [7, 11) is 1.39. The van der Waals surface area contributed by atoms with E-state index in [0.29, 0.717) is 13.2 Å². The second-order valence-electron chi connectivity index (χ2n) is 9.45. The van der Waals surface area contributed by atoms with Crippen molar-refractivity contribution in [1.29, 1.82) is 0 Å². The molecule has 2 heterocycles. The summed E-state index contributed by atoms with van der Waals surface area (Å²) in [5.74, 6) is -1.82. The number of carbonyl (C=O) groups excluding carboxylic acids is 3. The zero-order valence-corrected chi connectivity index (χ0v) is 24.3. The van der Waals surface area contributed by atoms with Gasteiger partial charge in [-0.15, -0.1) is 0 Å². The Morgan fingerprint density at radius 1 is 1.07 bits per heavy atom. The highest BCUT2D eigenvalue weighted by Gasteiger charge is 2.36. The van der Waals surface area contributed by atoms with Crippen LogP contribution in [0.15, 0.2) is 12.3 Å². The van der Waals surface area contributed by atoms with Crippen molar-refractivity contribution < 1.29 is 47.5 Å². The van der Waals surface area contributed by atoms with Gasteiger partial charge in [0.25, 0.3) is 5.91 Å². The fourth-order valence-electron chi connectivity index (χ4n) is 4.03. The van der Waals surface area contributed by atoms with E-state index in [1.54, 1.807) is 6.92 Å². The van der Waals surface area contributed by atoms with Crippen molar-refractivity contribution in [2.45, 2.75) is 90.6 Å². The van der Waals surface area contributed by atoms with Gasteiger partial charge >= 0.3 is 11.9 Å². The standard InChI is InChI=1S/C28H44N2O10/c1-6-8-10-14-36-23-17-35-16-21(28(33)40-19(3)25(23)37-15-11-9-7-2)30-27(32)24-26(39-18-38-20(4)31)22(34-5)12-13-29-24/h12-13,19,21,23,25H,6-11,14-18H2,1-5H3,(H,30,32)/t19-,21-,23-,25-/m0/s1. The molecule has 1 saturated heterocycles. The second-order valence-corrected chi connectivity index (χ2v) is 9.45. The molecule has 2 rings (SSSR count). The molecule has 226 valence electrons. The lowest BCUT2D eigenvalue weighted by molar-refractivity contribution is -0.168. The molecule has 0 bridgehead atoms. The number of hydrogen-bond acceptors (Lipinski definition) is 11. The van der Waals surface area contributed by atoms with Crippen molar-refractivity contribution >= 4 is 17.8 Å². The lowest BCUT2D eigenvalue weighted by Crippen LogP contribution is -2.47. The lowest BCUT2D eigenvalue weighted by atomic mass is 10.1. The van der Waals surface area contributed by atoms with Crippen molar-refractivity contribution in [3.63, 3.8) is 0 Å². The number of nitrogens with zero attached hydrogens (tertiary/aromatic N) is 1. The normalized spacial score (nSPS) is 21.4. The highest BCUT2D eigenvalue weighted by molar-refractivity contribution is 5.98. The number of methoxy groups -OCH3 is 1. The molecule has 12 nitrogen and oxygen atoms in total. The van der Waals surface area contributed by atoms with Gasteiger partial charge < -0.3 is 38.5 Å². The van der Waals surface area contributed by atoms with E-state index < -0.39 is 49.0 Å². The van der Waals surface area contributed by atoms with Gasteiger partial charge in [0.05, 0.1) is 20.3 Å². The summed E-state index contributed by atoms with van der Waals surface area (Å²) in [6.45, 7) is 7.80. The van der Waals surface area contributed by atoms with Crippen LogP contribution in [-0.4, -0.2) is 87.5 Å². The predicted octanol–water partition coefficient (Wildman–Crippen LogP) is 3.20. The first-order valence-electron chi connectivity index (χ1n) is 13.9. The topological polar surface area (TPSA) is 141 Å². The molecule has 1 N–H and O–H groups in total. The molecule has 12 heteroatoms. The number of esters is 2. The minimum absolute atomic E-state index is 0.0458. The average molecular weight is 569 g/mol. The highest BCUT2D eigenvalue weighted by Crippen LogP contribution is 2.29. The number of hydrogen-bond donors (Lipinski definition) is 1. The highest BCUT2D eigenvalue weighted by atomic mass is 16.7. The first-order chi connectivity index (χ1) is 19.3. The number of pyridine rings is 1. The summed E-state index contributed by atoms with van der Waals surface area (Å²) in [5, 5.41) is 2.62. The molecule has 1 amide bonds. The van der Waals surface area contributed by atoms with Gasteiger partial charge in [-0.05, 0) is 19.8 Å². The van der Waals surface area contributed by atoms with E-state index in [1.165, 1.54) is 26.3 Å². The molecule has 1 aromatic rings. The molecule has 0 aliphatic carbocycles. The van der Waals surface area contributed by atoms with Crippen molar-refractivity contribution in [2.24, 2.45) is 0 Å². The summed E-state index contributed by atoms with van der Waals surface area (Å²) < 4.78 is 39.4. The molecule has 0 saturated carbocycles. The van der Waals surface area contributed by atoms with Crippen LogP contribution in [0.1, 0.15) is 76.7 Å². The van der Waals surface area contributed by atoms with Gasteiger partial charge in [0, 0.05) is 32.4 Å². The van der Waals surface area contributed by atoms with Crippen LogP contribution in [0, 0.1) is 0 Å². The van der Waals surface area contributed by atoms with E-state index >= 15 is 0 Å². The van der Waals surface area contributed by atoms with E-state index in [2.05, 4.69) is 24.1 Å². The zero-order chi connectivity index (χ0) is 29.3. The Morgan fingerprint density at radius 3 is 2.42 bits per heavy atom. The Balaban J connectivity index is 2.17. The SMILES string of the molecule is CCCCCO[C@H]1[C@H](C)OC(=O)[C@@H](NC(=O)c2nccc(OC)c2OCOC(C)=O)COC[C@@H]1OCCCCC. The van der Waals surface area contributed by atoms with Gasteiger partial charge in [-0.25, -0.2) is 9.78 Å². The molecule has 1 aliphatic heterocycles. The maximum atomic E-state index is 13.2. The van der Waals surface area contributed by atoms with E-state index in [1.807, 2.05) is 0 Å². The van der Waals surface area contributed by atoms with Gasteiger partial charge in [0.15, 0.2) is 23.2 Å². The molecular formula is C28H44N2O10. The van der Waals surface area contributed by atoms with Crippen molar-refractivity contribution in [3.05, 3.63) is 18.0 Å². The smallest absolute Gasteiger partial charge is 0.331 e. The van der Waals surface area contributed by atoms with Crippen molar-refractivity contribution in [1.82, 2.24) is 10.3 Å². The maximum Gasteiger partial charge on any atom is 0.331 e. The third-order valence-corrected chi connectivity index (χ3v) is 6.19. The maximum absolute atomic E-state index is 13.2. The number of cyclic esters (lactones) is 1. The molecule has 0 radical (unpaired) electrons. The molecule has 1 fully saturated rings. The second kappa shape index (κ2) is 18.4. The van der Waals surface area contributed by atoms with Crippen LogP contribution in [-0.2, 0) is 33.3 Å². The fourth-order valence-corrected chi connectivity index (χ4v) is 4.03. The number of aromatic nitrogens is 1. The molecule has 4 atom stereocenters. The summed E-state index contributed by atoms with van der Waals surface area (Å²) >= 11 is 0. The van der Waals surface area contributed by atoms with Crippen molar-refractivity contribution in [2.75, 3.05) is 40.3 Å². The van der Waals surface area contributed by atoms with Gasteiger partial charge in [-0.1, -0.05) is 39.5 Å². The minimum atomic E-state index is -1.14. The Labute approximate surface area is 236 Å². The summed E-state index contributed by atoms with van der Waals surface area (Å²) in [4.78, 5) is 41.6. The number of amides is 1. The molecule has 0 aromatic carbocycles. The minimum Gasteiger partial charge on any atom is -0.493 e. The van der Waals surface area contributed by atoms with Crippen LogP contribution in [0.5, 0.6) is 11.5 Å². The fraction of sp³-hybridized carbons (Fsp3) is 0.714. The molecule has 1 aromatic heterocycles. The zero-order valence-electron chi connectivity index (χ0n) is 24.3. The average Bonchev–Trinajstić information content (AvgIpc) is 2.98. The van der Waals surface area contributed by atoms with Crippen LogP contribution in [0.2, 0.25) is 0 Å². The number of rotatable bonds is 16. The third-order valence-electron chi connectivity index (χ3n) is 6.19. The lowest BCUT2D eigenvalue weighted by Gasteiger charge is -2.30. The Bertz CT molecular complexity index is 928. The van der Waals surface area contributed by atoms with E-state index in [0.717, 1.165) is 38.5 Å². The third kappa shape index (κ3) is 10.9. The summed E-state index contributed by atoms with van der Waals surface area (Å²) in [5.41, 5.74) is -0.165. The van der Waals surface area contributed by atoms with Crippen LogP contribution >= 0.6 is 0 Å². The molecule has 40 heavy (non-hydrogen) atoms. The Kier molecular flexibility index (Phi) is 15.3. The van der Waals surface area contributed by atoms with Gasteiger partial charge in [-0.2, -0.15) is 0 Å². The van der Waals surface area contributed by atoms with Crippen LogP contribution < -0.4 is 14.8 Å². The monoisotopic (exact) mass is 568 g/mol. The van der Waals surface area contributed by atoms with E-state index in [-0.39, 0.29) is 30.4 Å². The number of ether oxygens (including phenoxy) is 7. The largest absolute Gasteiger partial charge is 0.493 e. The van der Waals surface area contributed by atoms with Crippen LogP contribution in [0.3, 0.4) is 0 Å². The van der Waals surface area contributed by atoms with Gasteiger partial charge in [0.2, 0.25) is 6.79 Å². The predicted molar refractivity (Wildman–Crippen MR) is 144 cm³/mol. The Hall–Kier alpha value is -2.96. The number of unbranched alkanes of at least 4 members (excludes halogenated alkanes) is 4. The van der Waals surface area contributed by atoms with E-state index in [9.17, 15) is 14.4 Å². The van der Waals surface area contributed by atoms with Crippen molar-refractivity contribution in [3.8, 4) is 11.5 Å². The Morgan fingerprint density at radius 2 is 1.77 bits per heavy atom. The summed E-state index contributed by atoms with van der Waals surface area (Å²) in [6.07, 6.45) is 5.70. The quantitative estimate of drug-likeness (QED) is 0.179. The van der Waals surface area contributed by atoms with Crippen LogP contribution in [0.4, 0.5) is 0 Å². The molecule has 1 aliphatic rings. The molecular weight excluding hydrogens is 524 g/mol. The van der Waals surface area contributed by atoms with Gasteiger partial charge in [-0.3, -0.25) is 9.59 Å². The number of carbonyl (C=O) groups is 3. The van der Waals surface area contributed by atoms with E-state index in [4.69, 9.17) is 33.2 Å².